The summed E-state index contributed by atoms with van der Waals surface area (Å²) in [6, 6.07) is 13.8. The number of hydrogen-bond donors (Lipinski definition) is 1. The molecule has 5 nitrogen and oxygen atoms in total. The standard InChI is InChI=1S/C26H28N4OS/c1-4-20(27)8-5-7-19-9-11-21(12-10-19)30-25(32)29(24(31)26(30)15-6-16-26)22-13-14-23(28-3)18(2)17-22/h9-14,17,27H,4-8,15-16H2,1-2H3. The van der Waals surface area contributed by atoms with Crippen molar-refractivity contribution in [1.82, 2.24) is 0 Å². The van der Waals surface area contributed by atoms with Crippen molar-refractivity contribution < 1.29 is 4.79 Å². The molecule has 2 aromatic carbocycles. The lowest BCUT2D eigenvalue weighted by atomic mass is 9.75. The molecular weight excluding hydrogens is 416 g/mol. The maximum atomic E-state index is 13.6. The molecule has 32 heavy (non-hydrogen) atoms. The van der Waals surface area contributed by atoms with E-state index in [0.717, 1.165) is 67.6 Å². The number of amides is 1. The Morgan fingerprint density at radius 1 is 1.19 bits per heavy atom. The highest BCUT2D eigenvalue weighted by atomic mass is 32.1. The zero-order valence-electron chi connectivity index (χ0n) is 18.6. The van der Waals surface area contributed by atoms with Gasteiger partial charge in [-0.2, -0.15) is 0 Å². The lowest BCUT2D eigenvalue weighted by Crippen LogP contribution is -2.55. The quantitative estimate of drug-likeness (QED) is 0.307. The maximum Gasteiger partial charge on any atom is 0.259 e. The van der Waals surface area contributed by atoms with E-state index in [2.05, 4.69) is 29.1 Å². The van der Waals surface area contributed by atoms with Gasteiger partial charge in [-0.3, -0.25) is 9.69 Å². The van der Waals surface area contributed by atoms with E-state index in [-0.39, 0.29) is 5.91 Å². The van der Waals surface area contributed by atoms with Crippen LogP contribution in [0.4, 0.5) is 17.1 Å². The Kier molecular flexibility index (Phi) is 6.12. The minimum Gasteiger partial charge on any atom is -0.310 e. The summed E-state index contributed by atoms with van der Waals surface area (Å²) in [5.41, 5.74) is 4.55. The van der Waals surface area contributed by atoms with Crippen LogP contribution in [0.3, 0.4) is 0 Å². The van der Waals surface area contributed by atoms with E-state index in [0.29, 0.717) is 10.8 Å². The summed E-state index contributed by atoms with van der Waals surface area (Å²) < 4.78 is 0. The highest BCUT2D eigenvalue weighted by molar-refractivity contribution is 7.81. The number of benzene rings is 2. The van der Waals surface area contributed by atoms with Crippen LogP contribution in [0.2, 0.25) is 0 Å². The summed E-state index contributed by atoms with van der Waals surface area (Å²) in [5, 5.41) is 8.32. The van der Waals surface area contributed by atoms with Crippen molar-refractivity contribution in [3.63, 3.8) is 0 Å². The van der Waals surface area contributed by atoms with E-state index in [1.807, 2.05) is 30.9 Å². The van der Waals surface area contributed by atoms with Crippen molar-refractivity contribution in [3.8, 4) is 0 Å². The second kappa shape index (κ2) is 8.84. The first kappa shape index (κ1) is 22.2. The summed E-state index contributed by atoms with van der Waals surface area (Å²) >= 11 is 5.85. The molecule has 164 valence electrons. The van der Waals surface area contributed by atoms with Crippen molar-refractivity contribution in [3.05, 3.63) is 65.0 Å². The Balaban J connectivity index is 1.59. The molecule has 0 bridgehead atoms. The molecular formula is C26H28N4OS. The Morgan fingerprint density at radius 3 is 2.44 bits per heavy atom. The third kappa shape index (κ3) is 3.71. The van der Waals surface area contributed by atoms with E-state index in [1.165, 1.54) is 5.56 Å². The molecule has 0 aromatic heterocycles. The SMILES string of the molecule is [C-]#[N+]c1ccc(N2C(=O)C3(CCC3)N(c3ccc(CCCC(=N)CC)cc3)C2=S)cc1C. The largest absolute Gasteiger partial charge is 0.310 e. The minimum absolute atomic E-state index is 0.0332. The monoisotopic (exact) mass is 444 g/mol. The number of aryl methyl sites for hydroxylation is 2. The number of nitrogens with one attached hydrogen (secondary N) is 1. The fourth-order valence-electron chi connectivity index (χ4n) is 4.61. The van der Waals surface area contributed by atoms with E-state index in [1.54, 1.807) is 11.0 Å². The first-order valence-electron chi connectivity index (χ1n) is 11.2. The van der Waals surface area contributed by atoms with Crippen molar-refractivity contribution in [2.24, 2.45) is 0 Å². The first-order valence-corrected chi connectivity index (χ1v) is 11.6. The Hall–Kier alpha value is -3.04. The molecule has 0 atom stereocenters. The molecule has 0 unspecified atom stereocenters. The first-order chi connectivity index (χ1) is 15.4. The van der Waals surface area contributed by atoms with Crippen molar-refractivity contribution in [1.29, 1.82) is 5.41 Å². The summed E-state index contributed by atoms with van der Waals surface area (Å²) in [6.45, 7) is 11.2. The van der Waals surface area contributed by atoms with Gasteiger partial charge in [0.15, 0.2) is 10.8 Å². The summed E-state index contributed by atoms with van der Waals surface area (Å²) in [4.78, 5) is 20.8. The third-order valence-corrected chi connectivity index (χ3v) is 7.08. The minimum atomic E-state index is -0.596. The van der Waals surface area contributed by atoms with Crippen molar-refractivity contribution >= 4 is 46.0 Å². The average molecular weight is 445 g/mol. The molecule has 2 fully saturated rings. The normalized spacial score (nSPS) is 16.9. The van der Waals surface area contributed by atoms with Crippen LogP contribution >= 0.6 is 12.2 Å². The predicted octanol–water partition coefficient (Wildman–Crippen LogP) is 6.36. The van der Waals surface area contributed by atoms with Crippen LogP contribution in [0.5, 0.6) is 0 Å². The topological polar surface area (TPSA) is 51.8 Å². The van der Waals surface area contributed by atoms with Crippen LogP contribution in [-0.4, -0.2) is 22.3 Å². The van der Waals surface area contributed by atoms with Crippen LogP contribution in [-0.2, 0) is 11.2 Å². The van der Waals surface area contributed by atoms with Gasteiger partial charge >= 0.3 is 0 Å². The van der Waals surface area contributed by atoms with E-state index >= 15 is 0 Å². The van der Waals surface area contributed by atoms with Crippen LogP contribution in [0.1, 0.15) is 56.6 Å². The highest BCUT2D eigenvalue weighted by Crippen LogP contribution is 2.48. The fourth-order valence-corrected chi connectivity index (χ4v) is 5.08. The van der Waals surface area contributed by atoms with Gasteiger partial charge in [0.1, 0.15) is 5.54 Å². The third-order valence-electron chi connectivity index (χ3n) is 6.72. The number of carbonyl (C=O) groups is 1. The number of thiocarbonyl (C=S) groups is 1. The molecule has 2 aromatic rings. The molecule has 6 heteroatoms. The molecule has 1 N–H and O–H groups in total. The molecule has 1 aliphatic heterocycles. The van der Waals surface area contributed by atoms with E-state index in [9.17, 15) is 4.79 Å². The van der Waals surface area contributed by atoms with Gasteiger partial charge in [-0.1, -0.05) is 25.1 Å². The lowest BCUT2D eigenvalue weighted by molar-refractivity contribution is -0.123. The second-order valence-corrected chi connectivity index (χ2v) is 9.07. The van der Waals surface area contributed by atoms with E-state index < -0.39 is 5.54 Å². The van der Waals surface area contributed by atoms with Gasteiger partial charge in [0.25, 0.3) is 5.91 Å². The molecule has 1 amide bonds. The molecule has 1 saturated heterocycles. The number of anilines is 2. The van der Waals surface area contributed by atoms with Gasteiger partial charge < -0.3 is 10.3 Å². The van der Waals surface area contributed by atoms with Gasteiger partial charge in [-0.05, 0) is 99.5 Å². The molecule has 1 spiro atoms. The maximum absolute atomic E-state index is 13.6. The lowest BCUT2D eigenvalue weighted by Gasteiger charge is -2.43. The van der Waals surface area contributed by atoms with Crippen LogP contribution in [0.15, 0.2) is 42.5 Å². The second-order valence-electron chi connectivity index (χ2n) is 8.70. The zero-order chi connectivity index (χ0) is 22.9. The van der Waals surface area contributed by atoms with Gasteiger partial charge in [-0.15, -0.1) is 0 Å². The number of hydrogen-bond acceptors (Lipinski definition) is 3. The van der Waals surface area contributed by atoms with E-state index in [4.69, 9.17) is 24.2 Å². The Labute approximate surface area is 195 Å². The van der Waals surface area contributed by atoms with Gasteiger partial charge in [0.05, 0.1) is 6.57 Å². The van der Waals surface area contributed by atoms with Crippen LogP contribution in [0.25, 0.3) is 4.85 Å². The van der Waals surface area contributed by atoms with Crippen molar-refractivity contribution in [2.75, 3.05) is 9.80 Å². The molecule has 1 heterocycles. The van der Waals surface area contributed by atoms with Crippen LogP contribution in [0, 0.1) is 18.9 Å². The number of carbonyl (C=O) groups excluding carboxylic acids is 1. The molecule has 4 rings (SSSR count). The highest BCUT2D eigenvalue weighted by Gasteiger charge is 2.59. The van der Waals surface area contributed by atoms with Gasteiger partial charge in [0, 0.05) is 17.1 Å². The molecule has 0 radical (unpaired) electrons. The number of rotatable bonds is 7. The fraction of sp³-hybridized carbons (Fsp3) is 0.385. The summed E-state index contributed by atoms with van der Waals surface area (Å²) in [7, 11) is 0. The number of nitrogens with zero attached hydrogens (tertiary/aromatic N) is 3. The van der Waals surface area contributed by atoms with Gasteiger partial charge in [0.2, 0.25) is 0 Å². The predicted molar refractivity (Wildman–Crippen MR) is 134 cm³/mol. The summed E-state index contributed by atoms with van der Waals surface area (Å²) in [6.07, 6.45) is 6.17. The van der Waals surface area contributed by atoms with Crippen LogP contribution < -0.4 is 9.80 Å². The Bertz CT molecular complexity index is 1110. The average Bonchev–Trinajstić information content (AvgIpc) is 3.00. The molecule has 1 saturated carbocycles. The summed E-state index contributed by atoms with van der Waals surface area (Å²) in [5.74, 6) is 0.0332. The Morgan fingerprint density at radius 2 is 1.88 bits per heavy atom. The molecule has 2 aliphatic rings. The zero-order valence-corrected chi connectivity index (χ0v) is 19.5. The smallest absolute Gasteiger partial charge is 0.259 e. The molecule has 1 aliphatic carbocycles. The van der Waals surface area contributed by atoms with Gasteiger partial charge in [-0.25, -0.2) is 4.85 Å². The van der Waals surface area contributed by atoms with Crippen molar-refractivity contribution in [2.45, 2.75) is 64.3 Å².